The fourth-order valence-electron chi connectivity index (χ4n) is 3.68. The number of Topliss-reactive ketones (excluding diaryl/α,β-unsaturated/α-hetero) is 2. The summed E-state index contributed by atoms with van der Waals surface area (Å²) in [6.45, 7) is 2.82. The summed E-state index contributed by atoms with van der Waals surface area (Å²) >= 11 is 0. The van der Waals surface area contributed by atoms with Crippen LogP contribution in [0.2, 0.25) is 0 Å². The van der Waals surface area contributed by atoms with Crippen LogP contribution in [0.15, 0.2) is 70.9 Å². The second-order valence-corrected chi connectivity index (χ2v) is 8.46. The van der Waals surface area contributed by atoms with Crippen molar-refractivity contribution in [1.29, 1.82) is 0 Å². The first kappa shape index (κ1) is 26.2. The Balaban J connectivity index is 1.64. The molecule has 9 heteroatoms. The van der Waals surface area contributed by atoms with Gasteiger partial charge in [0, 0.05) is 25.9 Å². The number of rotatable bonds is 12. The SMILES string of the molecule is CC(N)=NCCc1cccc(CC(=O)c2cc(C(=O)Cc3cccc(CCN=C(N)N)c3)ncn2)c1. The molecule has 36 heavy (non-hydrogen) atoms. The van der Waals surface area contributed by atoms with Crippen molar-refractivity contribution >= 4 is 23.4 Å². The van der Waals surface area contributed by atoms with Gasteiger partial charge in [-0.05, 0) is 48.1 Å². The van der Waals surface area contributed by atoms with Crippen molar-refractivity contribution in [3.05, 3.63) is 94.6 Å². The van der Waals surface area contributed by atoms with Crippen molar-refractivity contribution < 1.29 is 9.59 Å². The minimum atomic E-state index is -0.189. The molecule has 3 aromatic rings. The first-order valence-electron chi connectivity index (χ1n) is 11.7. The Bertz CT molecular complexity index is 1180. The van der Waals surface area contributed by atoms with E-state index in [0.29, 0.717) is 25.3 Å². The number of hydrogen-bond acceptors (Lipinski definition) is 6. The summed E-state index contributed by atoms with van der Waals surface area (Å²) in [5, 5.41) is 0. The average molecular weight is 486 g/mol. The maximum Gasteiger partial charge on any atom is 0.185 e. The van der Waals surface area contributed by atoms with Gasteiger partial charge in [-0.15, -0.1) is 0 Å². The number of amidine groups is 1. The Kier molecular flexibility index (Phi) is 9.39. The molecule has 0 fully saturated rings. The van der Waals surface area contributed by atoms with E-state index < -0.39 is 0 Å². The Morgan fingerprint density at radius 3 is 1.67 bits per heavy atom. The van der Waals surface area contributed by atoms with Crippen LogP contribution in [0.5, 0.6) is 0 Å². The molecule has 0 saturated heterocycles. The average Bonchev–Trinajstić information content (AvgIpc) is 2.84. The van der Waals surface area contributed by atoms with Crippen LogP contribution in [0.25, 0.3) is 0 Å². The van der Waals surface area contributed by atoms with Gasteiger partial charge in [-0.2, -0.15) is 0 Å². The van der Waals surface area contributed by atoms with E-state index in [0.717, 1.165) is 28.7 Å². The van der Waals surface area contributed by atoms with Gasteiger partial charge in [0.25, 0.3) is 0 Å². The van der Waals surface area contributed by atoms with Crippen LogP contribution in [0.3, 0.4) is 0 Å². The zero-order chi connectivity index (χ0) is 25.9. The van der Waals surface area contributed by atoms with E-state index in [1.165, 1.54) is 12.4 Å². The molecule has 0 aliphatic rings. The number of carbonyl (C=O) groups is 2. The van der Waals surface area contributed by atoms with Crippen molar-refractivity contribution in [1.82, 2.24) is 9.97 Å². The molecule has 0 unspecified atom stereocenters. The van der Waals surface area contributed by atoms with Crippen molar-refractivity contribution in [3.8, 4) is 0 Å². The molecule has 1 heterocycles. The first-order valence-corrected chi connectivity index (χ1v) is 11.7. The standard InChI is InChI=1S/C27H31N7O2/c1-18(28)31-10-8-19-4-2-6-21(12-19)14-25(35)23-16-24(34-17-33-23)26(36)15-22-7-3-5-20(13-22)9-11-32-27(29)30/h2-7,12-13,16-17H,8-11,14-15H2,1H3,(H2,28,31)(H4,29,30,32). The molecular weight excluding hydrogens is 454 g/mol. The smallest absolute Gasteiger partial charge is 0.185 e. The fourth-order valence-corrected chi connectivity index (χ4v) is 3.68. The fraction of sp³-hybridized carbons (Fsp3) is 0.259. The second-order valence-electron chi connectivity index (χ2n) is 8.46. The summed E-state index contributed by atoms with van der Waals surface area (Å²) in [6, 6.07) is 16.9. The van der Waals surface area contributed by atoms with E-state index in [1.807, 2.05) is 48.5 Å². The minimum absolute atomic E-state index is 0.0514. The molecular formula is C27H31N7O2. The van der Waals surface area contributed by atoms with E-state index in [9.17, 15) is 9.59 Å². The normalized spacial score (nSPS) is 11.2. The molecule has 1 aromatic heterocycles. The Morgan fingerprint density at radius 1 is 0.722 bits per heavy atom. The van der Waals surface area contributed by atoms with Crippen LogP contribution in [-0.2, 0) is 25.7 Å². The van der Waals surface area contributed by atoms with Gasteiger partial charge in [-0.1, -0.05) is 48.5 Å². The molecule has 9 nitrogen and oxygen atoms in total. The molecule has 0 spiro atoms. The van der Waals surface area contributed by atoms with Crippen molar-refractivity contribution in [2.45, 2.75) is 32.6 Å². The minimum Gasteiger partial charge on any atom is -0.388 e. The van der Waals surface area contributed by atoms with Gasteiger partial charge < -0.3 is 17.2 Å². The van der Waals surface area contributed by atoms with E-state index in [1.54, 1.807) is 6.92 Å². The molecule has 6 N–H and O–H groups in total. The molecule has 0 aliphatic carbocycles. The number of aliphatic imine (C=N–C) groups is 2. The monoisotopic (exact) mass is 485 g/mol. The van der Waals surface area contributed by atoms with Gasteiger partial charge in [0.05, 0.1) is 5.84 Å². The van der Waals surface area contributed by atoms with E-state index >= 15 is 0 Å². The Hall–Kier alpha value is -4.40. The number of benzene rings is 2. The number of nitrogens with zero attached hydrogens (tertiary/aromatic N) is 4. The quantitative estimate of drug-likeness (QED) is 0.201. The molecule has 0 atom stereocenters. The van der Waals surface area contributed by atoms with Crippen LogP contribution in [-0.4, -0.2) is 46.4 Å². The number of carbonyl (C=O) groups excluding carboxylic acids is 2. The molecule has 0 amide bonds. The van der Waals surface area contributed by atoms with Gasteiger partial charge in [0.2, 0.25) is 0 Å². The summed E-state index contributed by atoms with van der Waals surface area (Å²) in [5.74, 6) is 0.230. The predicted molar refractivity (Wildman–Crippen MR) is 141 cm³/mol. The molecule has 2 aromatic carbocycles. The molecule has 0 radical (unpaired) electrons. The third-order valence-electron chi connectivity index (χ3n) is 5.41. The highest BCUT2D eigenvalue weighted by Crippen LogP contribution is 2.13. The van der Waals surface area contributed by atoms with Crippen LogP contribution in [0.4, 0.5) is 0 Å². The highest BCUT2D eigenvalue weighted by Gasteiger charge is 2.15. The number of hydrogen-bond donors (Lipinski definition) is 3. The van der Waals surface area contributed by atoms with Gasteiger partial charge in [-0.25, -0.2) is 9.97 Å². The molecule has 3 rings (SSSR count). The van der Waals surface area contributed by atoms with Gasteiger partial charge in [0.15, 0.2) is 17.5 Å². The summed E-state index contributed by atoms with van der Waals surface area (Å²) < 4.78 is 0. The summed E-state index contributed by atoms with van der Waals surface area (Å²) in [5.41, 5.74) is 20.6. The maximum absolute atomic E-state index is 12.9. The highest BCUT2D eigenvalue weighted by atomic mass is 16.1. The van der Waals surface area contributed by atoms with Crippen LogP contribution >= 0.6 is 0 Å². The van der Waals surface area contributed by atoms with Crippen LogP contribution in [0.1, 0.15) is 50.2 Å². The number of aromatic nitrogens is 2. The molecule has 0 aliphatic heterocycles. The lowest BCUT2D eigenvalue weighted by molar-refractivity contribution is 0.0987. The summed E-state index contributed by atoms with van der Waals surface area (Å²) in [6.07, 6.45) is 2.99. The Morgan fingerprint density at radius 2 is 1.19 bits per heavy atom. The van der Waals surface area contributed by atoms with Crippen molar-refractivity contribution in [2.75, 3.05) is 13.1 Å². The van der Waals surface area contributed by atoms with Gasteiger partial charge in [0.1, 0.15) is 17.7 Å². The third kappa shape index (κ3) is 8.43. The highest BCUT2D eigenvalue weighted by molar-refractivity contribution is 6.00. The van der Waals surface area contributed by atoms with E-state index in [2.05, 4.69) is 20.0 Å². The first-order chi connectivity index (χ1) is 17.3. The molecule has 0 bridgehead atoms. The topological polar surface area (TPSA) is 163 Å². The number of guanidine groups is 1. The van der Waals surface area contributed by atoms with E-state index in [-0.39, 0.29) is 41.8 Å². The predicted octanol–water partition coefficient (Wildman–Crippen LogP) is 2.06. The lowest BCUT2D eigenvalue weighted by Gasteiger charge is -2.06. The summed E-state index contributed by atoms with van der Waals surface area (Å²) in [7, 11) is 0. The third-order valence-corrected chi connectivity index (χ3v) is 5.41. The lowest BCUT2D eigenvalue weighted by Crippen LogP contribution is -2.23. The second kappa shape index (κ2) is 12.9. The van der Waals surface area contributed by atoms with Crippen molar-refractivity contribution in [2.24, 2.45) is 27.2 Å². The summed E-state index contributed by atoms with van der Waals surface area (Å²) in [4.78, 5) is 42.2. The van der Waals surface area contributed by atoms with Crippen molar-refractivity contribution in [3.63, 3.8) is 0 Å². The van der Waals surface area contributed by atoms with Gasteiger partial charge >= 0.3 is 0 Å². The lowest BCUT2D eigenvalue weighted by atomic mass is 10.0. The van der Waals surface area contributed by atoms with Crippen LogP contribution < -0.4 is 17.2 Å². The largest absolute Gasteiger partial charge is 0.388 e. The number of nitrogens with two attached hydrogens (primary N) is 3. The zero-order valence-corrected chi connectivity index (χ0v) is 20.4. The Labute approximate surface area is 210 Å². The number of ketones is 2. The van der Waals surface area contributed by atoms with Crippen LogP contribution in [0, 0.1) is 0 Å². The van der Waals surface area contributed by atoms with Gasteiger partial charge in [-0.3, -0.25) is 19.6 Å². The zero-order valence-electron chi connectivity index (χ0n) is 20.4. The van der Waals surface area contributed by atoms with E-state index in [4.69, 9.17) is 17.2 Å². The maximum atomic E-state index is 12.9. The molecule has 186 valence electrons. The molecule has 0 saturated carbocycles.